The lowest BCUT2D eigenvalue weighted by Gasteiger charge is -2.17. The minimum Gasteiger partial charge on any atom is -0.357 e. The Kier molecular flexibility index (Phi) is 4.49. The molecule has 2 aromatic rings. The maximum absolute atomic E-state index is 12.5. The normalized spacial score (nSPS) is 17.8. The first-order valence-electron chi connectivity index (χ1n) is 6.88. The number of anilines is 2. The molecule has 1 saturated heterocycles. The number of carbonyl (C=O) groups excluding carboxylic acids is 1. The third kappa shape index (κ3) is 3.18. The van der Waals surface area contributed by atoms with E-state index in [1.807, 2.05) is 30.5 Å². The molecule has 5 nitrogen and oxygen atoms in total. The number of benzene rings is 1. The zero-order chi connectivity index (χ0) is 15.5. The van der Waals surface area contributed by atoms with Crippen molar-refractivity contribution in [3.05, 3.63) is 41.4 Å². The summed E-state index contributed by atoms with van der Waals surface area (Å²) in [5.41, 5.74) is 0.825. The van der Waals surface area contributed by atoms with Gasteiger partial charge in [0.2, 0.25) is 5.91 Å². The summed E-state index contributed by atoms with van der Waals surface area (Å²) in [6, 6.07) is 10.8. The van der Waals surface area contributed by atoms with E-state index < -0.39 is 0 Å². The molecule has 22 heavy (non-hydrogen) atoms. The zero-order valence-corrected chi connectivity index (χ0v) is 13.6. The van der Waals surface area contributed by atoms with E-state index in [0.29, 0.717) is 17.4 Å². The number of hydrogen-bond donors (Lipinski definition) is 1. The Morgan fingerprint density at radius 2 is 2.18 bits per heavy atom. The molecular formula is C15H15ClN4OS. The van der Waals surface area contributed by atoms with Crippen LogP contribution in [0.25, 0.3) is 0 Å². The van der Waals surface area contributed by atoms with Gasteiger partial charge in [-0.3, -0.25) is 4.79 Å². The minimum absolute atomic E-state index is 0.0259. The van der Waals surface area contributed by atoms with Crippen molar-refractivity contribution in [1.29, 1.82) is 0 Å². The number of thioether (sulfide) groups is 1. The van der Waals surface area contributed by atoms with E-state index in [1.54, 1.807) is 17.0 Å². The Labute approximate surface area is 138 Å². The average molecular weight is 335 g/mol. The molecule has 0 saturated carbocycles. The summed E-state index contributed by atoms with van der Waals surface area (Å²) in [7, 11) is 0. The van der Waals surface area contributed by atoms with E-state index in [1.165, 1.54) is 11.8 Å². The van der Waals surface area contributed by atoms with Crippen LogP contribution < -0.4 is 10.2 Å². The summed E-state index contributed by atoms with van der Waals surface area (Å²) in [5, 5.41) is 12.8. The molecule has 1 aromatic carbocycles. The van der Waals surface area contributed by atoms with Crippen LogP contribution in [0.3, 0.4) is 0 Å². The van der Waals surface area contributed by atoms with Crippen molar-refractivity contribution in [2.24, 2.45) is 0 Å². The highest BCUT2D eigenvalue weighted by atomic mass is 35.5. The lowest BCUT2D eigenvalue weighted by Crippen LogP contribution is -2.33. The quantitative estimate of drug-likeness (QED) is 0.871. The third-order valence-electron chi connectivity index (χ3n) is 3.50. The summed E-state index contributed by atoms with van der Waals surface area (Å²) in [6.07, 6.45) is 2.66. The van der Waals surface area contributed by atoms with Crippen LogP contribution in [0.1, 0.15) is 6.42 Å². The molecule has 7 heteroatoms. The van der Waals surface area contributed by atoms with Crippen molar-refractivity contribution in [2.45, 2.75) is 17.5 Å². The van der Waals surface area contributed by atoms with E-state index in [-0.39, 0.29) is 11.9 Å². The molecule has 2 heterocycles. The predicted molar refractivity (Wildman–Crippen MR) is 89.6 cm³/mol. The molecule has 1 aliphatic rings. The summed E-state index contributed by atoms with van der Waals surface area (Å²) < 4.78 is 0. The molecule has 114 valence electrons. The molecule has 1 amide bonds. The first-order chi connectivity index (χ1) is 10.7. The number of rotatable bonds is 4. The van der Waals surface area contributed by atoms with Gasteiger partial charge in [0.15, 0.2) is 0 Å². The maximum atomic E-state index is 12.5. The van der Waals surface area contributed by atoms with Gasteiger partial charge in [0, 0.05) is 17.3 Å². The standard InChI is InChI=1S/C15H15ClN4OS/c1-22-14-6-5-13(18-19-14)17-12-7-8-20(15(12)21)11-4-2-3-10(16)9-11/h2-6,9,12H,7-8H2,1H3,(H,17,18). The Bertz CT molecular complexity index is 679. The van der Waals surface area contributed by atoms with Crippen molar-refractivity contribution in [1.82, 2.24) is 10.2 Å². The van der Waals surface area contributed by atoms with Gasteiger partial charge >= 0.3 is 0 Å². The van der Waals surface area contributed by atoms with Crippen LogP contribution in [0.2, 0.25) is 5.02 Å². The maximum Gasteiger partial charge on any atom is 0.249 e. The van der Waals surface area contributed by atoms with Gasteiger partial charge in [-0.05, 0) is 43.0 Å². The summed E-state index contributed by atoms with van der Waals surface area (Å²) in [4.78, 5) is 14.3. The van der Waals surface area contributed by atoms with Crippen LogP contribution in [0.15, 0.2) is 41.4 Å². The van der Waals surface area contributed by atoms with Crippen molar-refractivity contribution in [3.63, 3.8) is 0 Å². The van der Waals surface area contributed by atoms with Gasteiger partial charge in [0.05, 0.1) is 0 Å². The van der Waals surface area contributed by atoms with E-state index in [4.69, 9.17) is 11.6 Å². The van der Waals surface area contributed by atoms with Crippen LogP contribution in [0.5, 0.6) is 0 Å². The molecule has 0 radical (unpaired) electrons. The van der Waals surface area contributed by atoms with Crippen LogP contribution in [0, 0.1) is 0 Å². The number of nitrogens with one attached hydrogen (secondary N) is 1. The number of halogens is 1. The molecule has 1 N–H and O–H groups in total. The highest BCUT2D eigenvalue weighted by molar-refractivity contribution is 7.98. The molecule has 1 aliphatic heterocycles. The van der Waals surface area contributed by atoms with Gasteiger partial charge < -0.3 is 10.2 Å². The minimum atomic E-state index is -0.284. The lowest BCUT2D eigenvalue weighted by molar-refractivity contribution is -0.117. The summed E-state index contributed by atoms with van der Waals surface area (Å²) >= 11 is 7.52. The van der Waals surface area contributed by atoms with Gasteiger partial charge in [-0.1, -0.05) is 17.7 Å². The van der Waals surface area contributed by atoms with Crippen molar-refractivity contribution in [2.75, 3.05) is 23.0 Å². The molecular weight excluding hydrogens is 320 g/mol. The summed E-state index contributed by atoms with van der Waals surface area (Å²) in [6.45, 7) is 0.660. The Balaban J connectivity index is 1.70. The molecule has 0 bridgehead atoms. The average Bonchev–Trinajstić information content (AvgIpc) is 2.89. The van der Waals surface area contributed by atoms with Gasteiger partial charge in [0.1, 0.15) is 16.9 Å². The monoisotopic (exact) mass is 334 g/mol. The topological polar surface area (TPSA) is 58.1 Å². The number of carbonyl (C=O) groups is 1. The van der Waals surface area contributed by atoms with Crippen LogP contribution >= 0.6 is 23.4 Å². The SMILES string of the molecule is CSc1ccc(NC2CCN(c3cccc(Cl)c3)C2=O)nn1. The van der Waals surface area contributed by atoms with E-state index in [9.17, 15) is 4.79 Å². The molecule has 0 aliphatic carbocycles. The molecule has 3 rings (SSSR count). The van der Waals surface area contributed by atoms with E-state index >= 15 is 0 Å². The largest absolute Gasteiger partial charge is 0.357 e. The third-order valence-corrected chi connectivity index (χ3v) is 4.37. The van der Waals surface area contributed by atoms with E-state index in [2.05, 4.69) is 15.5 Å². The van der Waals surface area contributed by atoms with Gasteiger partial charge in [-0.15, -0.1) is 22.0 Å². The fraction of sp³-hybridized carbons (Fsp3) is 0.267. The number of hydrogen-bond acceptors (Lipinski definition) is 5. The second-order valence-corrected chi connectivity index (χ2v) is 6.18. The highest BCUT2D eigenvalue weighted by Gasteiger charge is 2.32. The molecule has 1 aromatic heterocycles. The molecule has 0 spiro atoms. The zero-order valence-electron chi connectivity index (χ0n) is 12.0. The van der Waals surface area contributed by atoms with Gasteiger partial charge in [-0.2, -0.15) is 0 Å². The number of aromatic nitrogens is 2. The fourth-order valence-electron chi connectivity index (χ4n) is 2.40. The van der Waals surface area contributed by atoms with Gasteiger partial charge in [0.25, 0.3) is 0 Å². The second-order valence-electron chi connectivity index (χ2n) is 4.92. The molecule has 1 unspecified atom stereocenters. The van der Waals surface area contributed by atoms with Gasteiger partial charge in [-0.25, -0.2) is 0 Å². The van der Waals surface area contributed by atoms with Crippen molar-refractivity contribution in [3.8, 4) is 0 Å². The highest BCUT2D eigenvalue weighted by Crippen LogP contribution is 2.25. The fourth-order valence-corrected chi connectivity index (χ4v) is 2.91. The van der Waals surface area contributed by atoms with Crippen molar-refractivity contribution >= 4 is 40.8 Å². The Morgan fingerprint density at radius 3 is 2.86 bits per heavy atom. The first-order valence-corrected chi connectivity index (χ1v) is 8.49. The van der Waals surface area contributed by atoms with Crippen LogP contribution in [0.4, 0.5) is 11.5 Å². The number of nitrogens with zero attached hydrogens (tertiary/aromatic N) is 3. The first kappa shape index (κ1) is 15.1. The van der Waals surface area contributed by atoms with Crippen molar-refractivity contribution < 1.29 is 4.79 Å². The lowest BCUT2D eigenvalue weighted by atomic mass is 10.2. The smallest absolute Gasteiger partial charge is 0.249 e. The molecule has 1 atom stereocenters. The summed E-state index contributed by atoms with van der Waals surface area (Å²) in [5.74, 6) is 0.641. The Morgan fingerprint density at radius 1 is 1.32 bits per heavy atom. The predicted octanol–water partition coefficient (Wildman–Crippen LogP) is 3.07. The van der Waals surface area contributed by atoms with Crippen LogP contribution in [-0.4, -0.2) is 34.9 Å². The van der Waals surface area contributed by atoms with Crippen LogP contribution in [-0.2, 0) is 4.79 Å². The second kappa shape index (κ2) is 6.54. The van der Waals surface area contributed by atoms with E-state index in [0.717, 1.165) is 17.1 Å². The number of amides is 1. The molecule has 1 fully saturated rings. The Hall–Kier alpha value is -1.79.